The molecule has 0 aromatic carbocycles. The summed E-state index contributed by atoms with van der Waals surface area (Å²) in [5, 5.41) is 21.4. The van der Waals surface area contributed by atoms with E-state index in [1.54, 1.807) is 28.9 Å². The number of carbonyl (C=O) groups is 1. The molecule has 10 nitrogen and oxygen atoms in total. The predicted molar refractivity (Wildman–Crippen MR) is 121 cm³/mol. The van der Waals surface area contributed by atoms with E-state index >= 15 is 0 Å². The number of rotatable bonds is 7. The molecule has 1 atom stereocenters. The summed E-state index contributed by atoms with van der Waals surface area (Å²) in [6.07, 6.45) is 3.21. The van der Waals surface area contributed by atoms with E-state index in [4.69, 9.17) is 4.74 Å². The summed E-state index contributed by atoms with van der Waals surface area (Å²) in [5.41, 5.74) is -0.825. The summed E-state index contributed by atoms with van der Waals surface area (Å²) in [4.78, 5) is 20.8. The van der Waals surface area contributed by atoms with Gasteiger partial charge in [0.1, 0.15) is 11.2 Å². The number of nitrogens with zero attached hydrogens (tertiary/aromatic N) is 5. The van der Waals surface area contributed by atoms with Crippen LogP contribution in [0.1, 0.15) is 40.2 Å². The van der Waals surface area contributed by atoms with Gasteiger partial charge in [-0.3, -0.25) is 9.58 Å². The molecule has 1 saturated heterocycles. The fraction of sp³-hybridized carbons (Fsp3) is 0.762. The molecule has 1 aromatic rings. The fourth-order valence-corrected chi connectivity index (χ4v) is 3.18. The van der Waals surface area contributed by atoms with Gasteiger partial charge in [-0.1, -0.05) is 0 Å². The number of nitrogens with one attached hydrogen (secondary N) is 2. The van der Waals surface area contributed by atoms with Gasteiger partial charge in [0.15, 0.2) is 5.96 Å². The monoisotopic (exact) mass is 437 g/mol. The van der Waals surface area contributed by atoms with E-state index in [0.29, 0.717) is 25.6 Å². The Hall–Kier alpha value is -2.33. The number of hydrogen-bond donors (Lipinski definition) is 3. The Morgan fingerprint density at radius 1 is 1.23 bits per heavy atom. The minimum absolute atomic E-state index is 0.225. The number of carbonyl (C=O) groups excluding carboxylic acids is 1. The molecule has 1 aromatic heterocycles. The Morgan fingerprint density at radius 3 is 2.45 bits per heavy atom. The number of ether oxygens (including phenoxy) is 1. The molecule has 1 unspecified atom stereocenters. The quantitative estimate of drug-likeness (QED) is 0.426. The van der Waals surface area contributed by atoms with Crippen molar-refractivity contribution in [2.75, 3.05) is 52.4 Å². The molecule has 0 saturated carbocycles. The second kappa shape index (κ2) is 10.8. The lowest BCUT2D eigenvalue weighted by Crippen LogP contribution is -2.51. The highest BCUT2D eigenvalue weighted by atomic mass is 16.6. The molecule has 0 radical (unpaired) electrons. The molecule has 31 heavy (non-hydrogen) atoms. The highest BCUT2D eigenvalue weighted by Gasteiger charge is 2.26. The third-order valence-electron chi connectivity index (χ3n) is 4.96. The average molecular weight is 438 g/mol. The van der Waals surface area contributed by atoms with Crippen molar-refractivity contribution in [3.63, 3.8) is 0 Å². The number of aliphatic imine (C=N–C) groups is 1. The van der Waals surface area contributed by atoms with Crippen molar-refractivity contribution in [3.8, 4) is 0 Å². The van der Waals surface area contributed by atoms with Crippen LogP contribution < -0.4 is 10.6 Å². The maximum atomic E-state index is 12.2. The smallest absolute Gasteiger partial charge is 0.410 e. The third kappa shape index (κ3) is 8.37. The number of aliphatic hydroxyl groups is 1. The minimum atomic E-state index is -1.09. The topological polar surface area (TPSA) is 107 Å². The van der Waals surface area contributed by atoms with Gasteiger partial charge in [0.2, 0.25) is 0 Å². The maximum absolute atomic E-state index is 12.2. The van der Waals surface area contributed by atoms with Gasteiger partial charge in [0.05, 0.1) is 12.7 Å². The normalized spacial score (nSPS) is 17.9. The zero-order valence-electron chi connectivity index (χ0n) is 19.8. The standard InChI is InChI=1S/C21H39N7O3/c1-7-22-18(24-16-21(5,30)17-14-25-26(6)15-17)23-8-9-27-10-12-28(13-11-27)19(29)31-20(2,3)4/h14-15,30H,7-13,16H2,1-6H3,(H2,22,23,24). The second-order valence-corrected chi connectivity index (χ2v) is 9.11. The first-order valence-corrected chi connectivity index (χ1v) is 10.9. The van der Waals surface area contributed by atoms with E-state index in [0.717, 1.165) is 31.7 Å². The molecule has 2 heterocycles. The Balaban J connectivity index is 1.77. The maximum Gasteiger partial charge on any atom is 0.410 e. The van der Waals surface area contributed by atoms with Crippen molar-refractivity contribution in [2.24, 2.45) is 12.0 Å². The highest BCUT2D eigenvalue weighted by Crippen LogP contribution is 2.19. The van der Waals surface area contributed by atoms with Crippen LogP contribution in [0, 0.1) is 0 Å². The van der Waals surface area contributed by atoms with Crippen molar-refractivity contribution < 1.29 is 14.6 Å². The first kappa shape index (κ1) is 24.9. The number of guanidine groups is 1. The number of aryl methyl sites for hydroxylation is 1. The van der Waals surface area contributed by atoms with Crippen LogP contribution in [-0.4, -0.2) is 94.7 Å². The van der Waals surface area contributed by atoms with E-state index in [1.165, 1.54) is 0 Å². The molecule has 3 N–H and O–H groups in total. The first-order chi connectivity index (χ1) is 14.5. The Bertz CT molecular complexity index is 732. The van der Waals surface area contributed by atoms with Crippen LogP contribution in [-0.2, 0) is 17.4 Å². The molecule has 0 spiro atoms. The molecular formula is C21H39N7O3. The lowest BCUT2D eigenvalue weighted by molar-refractivity contribution is 0.0147. The summed E-state index contributed by atoms with van der Waals surface area (Å²) < 4.78 is 7.11. The largest absolute Gasteiger partial charge is 0.444 e. The van der Waals surface area contributed by atoms with Gasteiger partial charge in [-0.2, -0.15) is 5.10 Å². The lowest BCUT2D eigenvalue weighted by atomic mass is 10.0. The van der Waals surface area contributed by atoms with E-state index in [9.17, 15) is 9.90 Å². The zero-order valence-corrected chi connectivity index (χ0v) is 19.8. The summed E-state index contributed by atoms with van der Waals surface area (Å²) >= 11 is 0. The van der Waals surface area contributed by atoms with Gasteiger partial charge in [-0.05, 0) is 34.6 Å². The Kier molecular flexibility index (Phi) is 8.69. The van der Waals surface area contributed by atoms with Crippen LogP contribution in [0.5, 0.6) is 0 Å². The molecule has 2 rings (SSSR count). The van der Waals surface area contributed by atoms with Crippen LogP contribution in [0.4, 0.5) is 4.79 Å². The second-order valence-electron chi connectivity index (χ2n) is 9.11. The van der Waals surface area contributed by atoms with Crippen LogP contribution in [0.2, 0.25) is 0 Å². The molecule has 0 aliphatic carbocycles. The number of hydrogen-bond acceptors (Lipinski definition) is 6. The van der Waals surface area contributed by atoms with Crippen molar-refractivity contribution in [1.29, 1.82) is 0 Å². The molecule has 1 fully saturated rings. The molecular weight excluding hydrogens is 398 g/mol. The Morgan fingerprint density at radius 2 is 1.90 bits per heavy atom. The van der Waals surface area contributed by atoms with Gasteiger partial charge in [0, 0.05) is 64.6 Å². The summed E-state index contributed by atoms with van der Waals surface area (Å²) in [5.74, 6) is 0.666. The van der Waals surface area contributed by atoms with Crippen molar-refractivity contribution >= 4 is 12.1 Å². The van der Waals surface area contributed by atoms with Crippen molar-refractivity contribution in [3.05, 3.63) is 18.0 Å². The zero-order chi connectivity index (χ0) is 23.1. The molecule has 1 aliphatic rings. The van der Waals surface area contributed by atoms with Crippen LogP contribution in [0.3, 0.4) is 0 Å². The molecule has 10 heteroatoms. The van der Waals surface area contributed by atoms with Gasteiger partial charge in [-0.15, -0.1) is 0 Å². The van der Waals surface area contributed by atoms with E-state index < -0.39 is 11.2 Å². The third-order valence-corrected chi connectivity index (χ3v) is 4.96. The van der Waals surface area contributed by atoms with E-state index in [-0.39, 0.29) is 12.6 Å². The molecule has 176 valence electrons. The van der Waals surface area contributed by atoms with Crippen molar-refractivity contribution in [1.82, 2.24) is 30.2 Å². The first-order valence-electron chi connectivity index (χ1n) is 10.9. The SMILES string of the molecule is CCNC(=NCC(C)(O)c1cnn(C)c1)NCCN1CCN(C(=O)OC(C)(C)C)CC1. The summed E-state index contributed by atoms with van der Waals surface area (Å²) in [6, 6.07) is 0. The van der Waals surface area contributed by atoms with E-state index in [2.05, 4.69) is 25.6 Å². The number of piperazine rings is 1. The van der Waals surface area contributed by atoms with Crippen molar-refractivity contribution in [2.45, 2.75) is 45.8 Å². The fourth-order valence-electron chi connectivity index (χ4n) is 3.18. The number of amides is 1. The summed E-state index contributed by atoms with van der Waals surface area (Å²) in [6.45, 7) is 14.8. The van der Waals surface area contributed by atoms with Gasteiger partial charge >= 0.3 is 6.09 Å². The Labute approximate surface area is 185 Å². The summed E-state index contributed by atoms with van der Waals surface area (Å²) in [7, 11) is 1.82. The number of aromatic nitrogens is 2. The average Bonchev–Trinajstić information content (AvgIpc) is 3.13. The van der Waals surface area contributed by atoms with Crippen LogP contribution in [0.15, 0.2) is 17.4 Å². The van der Waals surface area contributed by atoms with E-state index in [1.807, 2.05) is 34.7 Å². The predicted octanol–water partition coefficient (Wildman–Crippen LogP) is 0.735. The molecule has 0 bridgehead atoms. The van der Waals surface area contributed by atoms with Gasteiger partial charge < -0.3 is 25.4 Å². The van der Waals surface area contributed by atoms with Gasteiger partial charge in [0.25, 0.3) is 0 Å². The molecule has 1 amide bonds. The highest BCUT2D eigenvalue weighted by molar-refractivity contribution is 5.79. The van der Waals surface area contributed by atoms with Crippen LogP contribution in [0.25, 0.3) is 0 Å². The molecule has 1 aliphatic heterocycles. The lowest BCUT2D eigenvalue weighted by Gasteiger charge is -2.35. The van der Waals surface area contributed by atoms with Crippen LogP contribution >= 0.6 is 0 Å². The van der Waals surface area contributed by atoms with Gasteiger partial charge in [-0.25, -0.2) is 9.79 Å². The minimum Gasteiger partial charge on any atom is -0.444 e.